The van der Waals surface area contributed by atoms with Gasteiger partial charge in [0.2, 0.25) is 0 Å². The maximum atomic E-state index is 11.1. The normalized spacial score (nSPS) is 9.69. The first-order chi connectivity index (χ1) is 6.11. The summed E-state index contributed by atoms with van der Waals surface area (Å²) in [7, 11) is 0. The lowest BCUT2D eigenvalue weighted by molar-refractivity contribution is -0.114. The van der Waals surface area contributed by atoms with E-state index in [0.717, 1.165) is 5.56 Å². The van der Waals surface area contributed by atoms with E-state index in [9.17, 15) is 4.79 Å². The van der Waals surface area contributed by atoms with E-state index in [-0.39, 0.29) is 5.78 Å². The molecule has 1 aromatic rings. The standard InChI is InChI=1S/C12H14O/c1-4-12(13)8-11-6-9(2)5-10(3)7-11/h4-7H,1,8H2,2-3H3. The maximum absolute atomic E-state index is 11.1. The Bertz CT molecular complexity index is 317. The van der Waals surface area contributed by atoms with E-state index in [1.54, 1.807) is 0 Å². The summed E-state index contributed by atoms with van der Waals surface area (Å²) in [5, 5.41) is 0. The predicted molar refractivity (Wildman–Crippen MR) is 54.8 cm³/mol. The lowest BCUT2D eigenvalue weighted by atomic mass is 10.0. The van der Waals surface area contributed by atoms with Crippen molar-refractivity contribution < 1.29 is 4.79 Å². The van der Waals surface area contributed by atoms with Crippen LogP contribution < -0.4 is 0 Å². The van der Waals surface area contributed by atoms with E-state index < -0.39 is 0 Å². The Morgan fingerprint density at radius 2 is 1.85 bits per heavy atom. The Balaban J connectivity index is 2.89. The molecule has 0 aliphatic carbocycles. The molecule has 0 aliphatic rings. The van der Waals surface area contributed by atoms with Crippen LogP contribution in [0.2, 0.25) is 0 Å². The molecule has 0 atom stereocenters. The number of hydrogen-bond acceptors (Lipinski definition) is 1. The van der Waals surface area contributed by atoms with Crippen molar-refractivity contribution in [1.29, 1.82) is 0 Å². The molecule has 0 bridgehead atoms. The lowest BCUT2D eigenvalue weighted by Gasteiger charge is -2.02. The van der Waals surface area contributed by atoms with Crippen molar-refractivity contribution >= 4 is 5.78 Å². The summed E-state index contributed by atoms with van der Waals surface area (Å²) in [5.41, 5.74) is 3.47. The van der Waals surface area contributed by atoms with Crippen LogP contribution in [0.5, 0.6) is 0 Å². The van der Waals surface area contributed by atoms with Crippen molar-refractivity contribution in [2.24, 2.45) is 0 Å². The SMILES string of the molecule is C=CC(=O)Cc1cc(C)cc(C)c1. The van der Waals surface area contributed by atoms with Gasteiger partial charge in [0.15, 0.2) is 5.78 Å². The molecule has 0 N–H and O–H groups in total. The summed E-state index contributed by atoms with van der Waals surface area (Å²) in [6.07, 6.45) is 1.84. The van der Waals surface area contributed by atoms with Gasteiger partial charge in [0.1, 0.15) is 0 Å². The number of carbonyl (C=O) groups is 1. The molecule has 0 aliphatic heterocycles. The molecule has 0 aromatic heterocycles. The highest BCUT2D eigenvalue weighted by atomic mass is 16.1. The van der Waals surface area contributed by atoms with Crippen LogP contribution in [-0.2, 0) is 11.2 Å². The Kier molecular flexibility index (Phi) is 3.02. The van der Waals surface area contributed by atoms with Gasteiger partial charge in [-0.25, -0.2) is 0 Å². The van der Waals surface area contributed by atoms with Gasteiger partial charge < -0.3 is 0 Å². The number of rotatable bonds is 3. The number of aryl methyl sites for hydroxylation is 2. The van der Waals surface area contributed by atoms with Gasteiger partial charge in [0, 0.05) is 6.42 Å². The highest BCUT2D eigenvalue weighted by Crippen LogP contribution is 2.09. The second kappa shape index (κ2) is 4.04. The van der Waals surface area contributed by atoms with E-state index in [2.05, 4.69) is 12.6 Å². The first-order valence-corrected chi connectivity index (χ1v) is 4.34. The summed E-state index contributed by atoms with van der Waals surface area (Å²) in [4.78, 5) is 11.1. The zero-order valence-corrected chi connectivity index (χ0v) is 8.13. The molecule has 0 spiro atoms. The van der Waals surface area contributed by atoms with Crippen LogP contribution in [0.3, 0.4) is 0 Å². The first-order valence-electron chi connectivity index (χ1n) is 4.34. The van der Waals surface area contributed by atoms with E-state index >= 15 is 0 Å². The molecular formula is C12H14O. The smallest absolute Gasteiger partial charge is 0.159 e. The van der Waals surface area contributed by atoms with Crippen molar-refractivity contribution in [2.75, 3.05) is 0 Å². The highest BCUT2D eigenvalue weighted by Gasteiger charge is 2.00. The average Bonchev–Trinajstić information content (AvgIpc) is 2.02. The Morgan fingerprint density at radius 1 is 1.31 bits per heavy atom. The van der Waals surface area contributed by atoms with Gasteiger partial charge in [-0.05, 0) is 25.5 Å². The quantitative estimate of drug-likeness (QED) is 0.644. The van der Waals surface area contributed by atoms with Crippen molar-refractivity contribution in [3.63, 3.8) is 0 Å². The number of ketones is 1. The first kappa shape index (κ1) is 9.72. The van der Waals surface area contributed by atoms with E-state index in [4.69, 9.17) is 0 Å². The van der Waals surface area contributed by atoms with E-state index in [1.807, 2.05) is 26.0 Å². The van der Waals surface area contributed by atoms with Crippen molar-refractivity contribution in [2.45, 2.75) is 20.3 Å². The molecule has 1 heteroatoms. The molecule has 0 radical (unpaired) electrons. The zero-order valence-electron chi connectivity index (χ0n) is 8.13. The molecule has 13 heavy (non-hydrogen) atoms. The average molecular weight is 174 g/mol. The molecule has 0 saturated heterocycles. The molecule has 1 rings (SSSR count). The third-order valence-electron chi connectivity index (χ3n) is 1.89. The summed E-state index contributed by atoms with van der Waals surface area (Å²) >= 11 is 0. The molecule has 0 unspecified atom stereocenters. The second-order valence-corrected chi connectivity index (χ2v) is 3.34. The van der Waals surface area contributed by atoms with E-state index in [1.165, 1.54) is 17.2 Å². The summed E-state index contributed by atoms with van der Waals surface area (Å²) < 4.78 is 0. The predicted octanol–water partition coefficient (Wildman–Crippen LogP) is 2.60. The van der Waals surface area contributed by atoms with Crippen LogP contribution in [0.15, 0.2) is 30.9 Å². The lowest BCUT2D eigenvalue weighted by Crippen LogP contribution is -1.98. The largest absolute Gasteiger partial charge is 0.295 e. The van der Waals surface area contributed by atoms with Gasteiger partial charge in [-0.2, -0.15) is 0 Å². The van der Waals surface area contributed by atoms with Crippen molar-refractivity contribution in [3.8, 4) is 0 Å². The second-order valence-electron chi connectivity index (χ2n) is 3.34. The molecular weight excluding hydrogens is 160 g/mol. The third kappa shape index (κ3) is 2.86. The number of hydrogen-bond donors (Lipinski definition) is 0. The Labute approximate surface area is 79.1 Å². The maximum Gasteiger partial charge on any atom is 0.159 e. The fourth-order valence-electron chi connectivity index (χ4n) is 1.44. The summed E-state index contributed by atoms with van der Waals surface area (Å²) in [5.74, 6) is 0.0741. The molecule has 0 amide bonds. The molecule has 68 valence electrons. The van der Waals surface area contributed by atoms with Gasteiger partial charge in [-0.15, -0.1) is 0 Å². The number of carbonyl (C=O) groups excluding carboxylic acids is 1. The number of allylic oxidation sites excluding steroid dienone is 1. The topological polar surface area (TPSA) is 17.1 Å². The van der Waals surface area contributed by atoms with E-state index in [0.29, 0.717) is 6.42 Å². The minimum absolute atomic E-state index is 0.0741. The Morgan fingerprint density at radius 3 is 2.31 bits per heavy atom. The molecule has 0 fully saturated rings. The minimum Gasteiger partial charge on any atom is -0.295 e. The van der Waals surface area contributed by atoms with Gasteiger partial charge in [-0.1, -0.05) is 35.9 Å². The van der Waals surface area contributed by atoms with Crippen LogP contribution in [0, 0.1) is 13.8 Å². The van der Waals surface area contributed by atoms with Crippen LogP contribution in [-0.4, -0.2) is 5.78 Å². The fourth-order valence-corrected chi connectivity index (χ4v) is 1.44. The molecule has 1 aromatic carbocycles. The van der Waals surface area contributed by atoms with Crippen molar-refractivity contribution in [3.05, 3.63) is 47.5 Å². The van der Waals surface area contributed by atoms with Crippen LogP contribution in [0.4, 0.5) is 0 Å². The minimum atomic E-state index is 0.0741. The third-order valence-corrected chi connectivity index (χ3v) is 1.89. The summed E-state index contributed by atoms with van der Waals surface area (Å²) in [6, 6.07) is 6.17. The van der Waals surface area contributed by atoms with Crippen molar-refractivity contribution in [1.82, 2.24) is 0 Å². The fraction of sp³-hybridized carbons (Fsp3) is 0.250. The van der Waals surface area contributed by atoms with Crippen LogP contribution in [0.25, 0.3) is 0 Å². The molecule has 0 heterocycles. The van der Waals surface area contributed by atoms with Crippen LogP contribution in [0.1, 0.15) is 16.7 Å². The molecule has 0 saturated carbocycles. The molecule has 1 nitrogen and oxygen atoms in total. The number of benzene rings is 1. The van der Waals surface area contributed by atoms with Crippen LogP contribution >= 0.6 is 0 Å². The summed E-state index contributed by atoms with van der Waals surface area (Å²) in [6.45, 7) is 7.53. The van der Waals surface area contributed by atoms with Gasteiger partial charge >= 0.3 is 0 Å². The van der Waals surface area contributed by atoms with Gasteiger partial charge in [0.05, 0.1) is 0 Å². The van der Waals surface area contributed by atoms with Gasteiger partial charge in [-0.3, -0.25) is 4.79 Å². The highest BCUT2D eigenvalue weighted by molar-refractivity contribution is 5.90. The zero-order chi connectivity index (χ0) is 9.84. The Hall–Kier alpha value is -1.37. The van der Waals surface area contributed by atoms with Gasteiger partial charge in [0.25, 0.3) is 0 Å². The monoisotopic (exact) mass is 174 g/mol.